The van der Waals surface area contributed by atoms with E-state index < -0.39 is 0 Å². The van der Waals surface area contributed by atoms with Crippen molar-refractivity contribution >= 4 is 44.8 Å². The fraction of sp³-hybridized carbons (Fsp3) is 0.0952. The van der Waals surface area contributed by atoms with Gasteiger partial charge in [-0.15, -0.1) is 0 Å². The van der Waals surface area contributed by atoms with Crippen LogP contribution in [0.25, 0.3) is 16.3 Å². The van der Waals surface area contributed by atoms with E-state index in [1.165, 1.54) is 66.9 Å². The second kappa shape index (κ2) is 10.7. The Morgan fingerprint density at radius 1 is 0.455 bits per heavy atom. The molecule has 0 fully saturated rings. The summed E-state index contributed by atoms with van der Waals surface area (Å²) in [5.74, 6) is 0. The second-order valence-electron chi connectivity index (χ2n) is 11.9. The number of anilines is 5. The van der Waals surface area contributed by atoms with Crippen LogP contribution in [0, 0.1) is 13.8 Å². The topological polar surface area (TPSA) is 6.48 Å². The van der Waals surface area contributed by atoms with Gasteiger partial charge in [0.25, 0.3) is 0 Å². The third-order valence-corrected chi connectivity index (χ3v) is 9.01. The quantitative estimate of drug-likeness (QED) is 0.198. The van der Waals surface area contributed by atoms with Crippen molar-refractivity contribution in [2.45, 2.75) is 26.7 Å². The number of rotatable bonds is 6. The van der Waals surface area contributed by atoms with Crippen LogP contribution in [-0.2, 0) is 12.8 Å². The van der Waals surface area contributed by atoms with Crippen LogP contribution >= 0.6 is 0 Å². The lowest BCUT2D eigenvalue weighted by Crippen LogP contribution is -2.22. The molecular weight excluding hydrogens is 532 g/mol. The summed E-state index contributed by atoms with van der Waals surface area (Å²) in [6, 6.07) is 48.7. The summed E-state index contributed by atoms with van der Waals surface area (Å²) in [6.45, 7) is 4.30. The second-order valence-corrected chi connectivity index (χ2v) is 11.9. The van der Waals surface area contributed by atoms with Gasteiger partial charge in [0, 0.05) is 33.7 Å². The van der Waals surface area contributed by atoms with E-state index in [0.717, 1.165) is 24.2 Å². The summed E-state index contributed by atoms with van der Waals surface area (Å²) in [5, 5.41) is 2.67. The van der Waals surface area contributed by atoms with Crippen LogP contribution in [0.3, 0.4) is 0 Å². The van der Waals surface area contributed by atoms with Crippen molar-refractivity contribution in [3.05, 3.63) is 179 Å². The minimum absolute atomic E-state index is 0.900. The van der Waals surface area contributed by atoms with Gasteiger partial charge in [0.15, 0.2) is 0 Å². The van der Waals surface area contributed by atoms with Crippen LogP contribution in [0.5, 0.6) is 0 Å². The summed E-state index contributed by atoms with van der Waals surface area (Å²) in [7, 11) is 0. The van der Waals surface area contributed by atoms with Crippen LogP contribution < -0.4 is 9.80 Å². The molecule has 8 rings (SSSR count). The highest BCUT2D eigenvalue weighted by atomic mass is 15.2. The normalized spacial score (nSPS) is 13.3. The molecule has 0 N–H and O–H groups in total. The summed E-state index contributed by atoms with van der Waals surface area (Å²) in [6.07, 6.45) is 6.68. The van der Waals surface area contributed by atoms with E-state index in [1.807, 2.05) is 0 Å². The predicted octanol–water partition coefficient (Wildman–Crippen LogP) is 11.1. The molecule has 0 amide bonds. The standard InChI is InChI=1S/C42H34N2/c1-29-13-21-35(22-14-29)43(33-9-5-3-6-10-33)39-27-19-31-18-26-38-40(28-20-32-17-25-37(39)41(31)42(32)38)44(34-11-7-4-8-12-34)36-23-15-30(2)16-24-36/h3-17,19,21-28H,18,20H2,1-2H3. The molecule has 212 valence electrons. The number of para-hydroxylation sites is 2. The molecule has 0 heterocycles. The molecule has 6 aromatic carbocycles. The van der Waals surface area contributed by atoms with Gasteiger partial charge in [-0.3, -0.25) is 0 Å². The molecule has 2 nitrogen and oxygen atoms in total. The Morgan fingerprint density at radius 2 is 0.977 bits per heavy atom. The summed E-state index contributed by atoms with van der Waals surface area (Å²) in [5.41, 5.74) is 15.2. The fourth-order valence-corrected chi connectivity index (χ4v) is 6.86. The minimum atomic E-state index is 0.900. The number of nitrogens with zero attached hydrogens (tertiary/aromatic N) is 2. The van der Waals surface area contributed by atoms with Gasteiger partial charge < -0.3 is 9.80 Å². The molecule has 6 aromatic rings. The van der Waals surface area contributed by atoms with Crippen molar-refractivity contribution in [2.24, 2.45) is 0 Å². The van der Waals surface area contributed by atoms with Crippen LogP contribution in [0.4, 0.5) is 28.4 Å². The molecule has 0 aromatic heterocycles. The zero-order valence-electron chi connectivity index (χ0n) is 25.2. The molecule has 0 aliphatic heterocycles. The molecule has 0 bridgehead atoms. The van der Waals surface area contributed by atoms with E-state index in [-0.39, 0.29) is 0 Å². The summed E-state index contributed by atoms with van der Waals surface area (Å²) < 4.78 is 0. The number of allylic oxidation sites excluding steroid dienone is 3. The van der Waals surface area contributed by atoms with Crippen molar-refractivity contribution in [1.82, 2.24) is 0 Å². The van der Waals surface area contributed by atoms with Gasteiger partial charge in [-0.2, -0.15) is 0 Å². The first-order valence-corrected chi connectivity index (χ1v) is 15.5. The average molecular weight is 567 g/mol. The van der Waals surface area contributed by atoms with Crippen molar-refractivity contribution in [3.63, 3.8) is 0 Å². The number of hydrogen-bond acceptors (Lipinski definition) is 2. The number of aryl methyl sites for hydroxylation is 2. The highest BCUT2D eigenvalue weighted by Gasteiger charge is 2.29. The van der Waals surface area contributed by atoms with E-state index in [1.54, 1.807) is 0 Å². The molecule has 0 saturated carbocycles. The summed E-state index contributed by atoms with van der Waals surface area (Å²) in [4.78, 5) is 4.84. The fourth-order valence-electron chi connectivity index (χ4n) is 6.86. The highest BCUT2D eigenvalue weighted by molar-refractivity contribution is 6.10. The van der Waals surface area contributed by atoms with E-state index >= 15 is 0 Å². The molecular formula is C42H34N2. The van der Waals surface area contributed by atoms with E-state index in [9.17, 15) is 0 Å². The van der Waals surface area contributed by atoms with Crippen molar-refractivity contribution in [2.75, 3.05) is 9.80 Å². The smallest absolute Gasteiger partial charge is 0.0540 e. The van der Waals surface area contributed by atoms with Gasteiger partial charge in [-0.25, -0.2) is 0 Å². The molecule has 2 heteroatoms. The Morgan fingerprint density at radius 3 is 1.61 bits per heavy atom. The zero-order valence-corrected chi connectivity index (χ0v) is 25.2. The maximum Gasteiger partial charge on any atom is 0.0540 e. The number of benzene rings is 6. The van der Waals surface area contributed by atoms with Gasteiger partial charge >= 0.3 is 0 Å². The molecule has 0 radical (unpaired) electrons. The summed E-state index contributed by atoms with van der Waals surface area (Å²) >= 11 is 0. The van der Waals surface area contributed by atoms with Crippen molar-refractivity contribution in [1.29, 1.82) is 0 Å². The van der Waals surface area contributed by atoms with E-state index in [2.05, 4.69) is 169 Å². The zero-order chi connectivity index (χ0) is 29.6. The number of hydrogen-bond donors (Lipinski definition) is 0. The maximum atomic E-state index is 2.45. The van der Waals surface area contributed by atoms with Gasteiger partial charge in [-0.1, -0.05) is 102 Å². The van der Waals surface area contributed by atoms with Crippen LogP contribution in [0.1, 0.15) is 27.8 Å². The predicted molar refractivity (Wildman–Crippen MR) is 187 cm³/mol. The maximum absolute atomic E-state index is 2.45. The molecule has 0 unspecified atom stereocenters. The van der Waals surface area contributed by atoms with E-state index in [4.69, 9.17) is 0 Å². The largest absolute Gasteiger partial charge is 0.310 e. The van der Waals surface area contributed by atoms with Crippen LogP contribution in [0.15, 0.2) is 151 Å². The van der Waals surface area contributed by atoms with Crippen LogP contribution in [-0.4, -0.2) is 0 Å². The van der Waals surface area contributed by atoms with Gasteiger partial charge in [0.2, 0.25) is 0 Å². The first-order valence-electron chi connectivity index (χ1n) is 15.5. The average Bonchev–Trinajstić information content (AvgIpc) is 3.07. The minimum Gasteiger partial charge on any atom is -0.310 e. The molecule has 44 heavy (non-hydrogen) atoms. The SMILES string of the molecule is Cc1ccc(N(C2=CCc3ccc4c(N(c5ccccc5)c5ccc(C)cc5)ccc5c4c3C2=CC5)c2ccccc2)cc1. The third kappa shape index (κ3) is 4.42. The van der Waals surface area contributed by atoms with Crippen molar-refractivity contribution < 1.29 is 0 Å². The van der Waals surface area contributed by atoms with Gasteiger partial charge in [0.05, 0.1) is 11.4 Å². The van der Waals surface area contributed by atoms with Gasteiger partial charge in [-0.05, 0) is 103 Å². The highest BCUT2D eigenvalue weighted by Crippen LogP contribution is 2.49. The lowest BCUT2D eigenvalue weighted by molar-refractivity contribution is 1.11. The Bertz CT molecular complexity index is 2050. The van der Waals surface area contributed by atoms with Crippen LogP contribution in [0.2, 0.25) is 0 Å². The lowest BCUT2D eigenvalue weighted by atomic mass is 9.79. The van der Waals surface area contributed by atoms with Gasteiger partial charge in [0.1, 0.15) is 0 Å². The lowest BCUT2D eigenvalue weighted by Gasteiger charge is -2.35. The Kier molecular flexibility index (Phi) is 6.42. The molecule has 2 aliphatic rings. The molecule has 0 saturated heterocycles. The Balaban J connectivity index is 1.32. The van der Waals surface area contributed by atoms with Crippen molar-refractivity contribution in [3.8, 4) is 0 Å². The van der Waals surface area contributed by atoms with E-state index in [0.29, 0.717) is 0 Å². The monoisotopic (exact) mass is 566 g/mol. The molecule has 0 spiro atoms. The molecule has 0 atom stereocenters. The Hall–Kier alpha value is -5.34. The third-order valence-electron chi connectivity index (χ3n) is 9.01. The first-order chi connectivity index (χ1) is 21.7. The molecule has 2 aliphatic carbocycles. The first kappa shape index (κ1) is 26.3. The Labute approximate surface area is 259 Å².